The summed E-state index contributed by atoms with van der Waals surface area (Å²) < 4.78 is 1.78. The molecule has 3 aromatic heterocycles. The molecular weight excluding hydrogens is 358 g/mol. The lowest BCUT2D eigenvalue weighted by Crippen LogP contribution is -2.13. The number of carbonyl (C=O) groups is 1. The lowest BCUT2D eigenvalue weighted by atomic mass is 10.1. The number of thiazole rings is 1. The molecule has 3 aromatic rings. The summed E-state index contributed by atoms with van der Waals surface area (Å²) in [6.45, 7) is 1.93. The zero-order valence-corrected chi connectivity index (χ0v) is 16.5. The van der Waals surface area contributed by atoms with Crippen molar-refractivity contribution in [2.75, 3.05) is 5.32 Å². The lowest BCUT2D eigenvalue weighted by molar-refractivity contribution is 0.102. The molecule has 0 bridgehead atoms. The van der Waals surface area contributed by atoms with E-state index in [4.69, 9.17) is 9.97 Å². The van der Waals surface area contributed by atoms with E-state index < -0.39 is 0 Å². The van der Waals surface area contributed by atoms with Crippen LogP contribution in [0, 0.1) is 6.92 Å². The monoisotopic (exact) mass is 381 g/mol. The fourth-order valence-electron chi connectivity index (χ4n) is 3.98. The average molecular weight is 382 g/mol. The SMILES string of the molecule is Cc1nn(C)c2nc(C3CC3)cc(C(=O)Nc3nc4c(s3)CCCCC4)c12. The van der Waals surface area contributed by atoms with Crippen molar-refractivity contribution < 1.29 is 4.79 Å². The number of carbonyl (C=O) groups excluding carboxylic acids is 1. The average Bonchev–Trinajstić information content (AvgIpc) is 3.41. The van der Waals surface area contributed by atoms with Gasteiger partial charge in [-0.1, -0.05) is 6.42 Å². The largest absolute Gasteiger partial charge is 0.298 e. The Morgan fingerprint density at radius 1 is 1.22 bits per heavy atom. The van der Waals surface area contributed by atoms with E-state index in [0.717, 1.165) is 48.1 Å². The van der Waals surface area contributed by atoms with Crippen LogP contribution in [-0.4, -0.2) is 25.7 Å². The number of nitrogens with one attached hydrogen (secondary N) is 1. The molecule has 27 heavy (non-hydrogen) atoms. The summed E-state index contributed by atoms with van der Waals surface area (Å²) in [7, 11) is 1.89. The molecule has 1 saturated carbocycles. The molecular formula is C20H23N5OS. The molecule has 6 nitrogen and oxygen atoms in total. The Labute approximate surface area is 162 Å². The highest BCUT2D eigenvalue weighted by molar-refractivity contribution is 7.15. The van der Waals surface area contributed by atoms with Gasteiger partial charge in [0.1, 0.15) is 0 Å². The molecule has 0 spiro atoms. The van der Waals surface area contributed by atoms with Crippen molar-refractivity contribution in [2.45, 2.75) is 57.8 Å². The number of pyridine rings is 1. The van der Waals surface area contributed by atoms with Crippen LogP contribution in [0.1, 0.15) is 70.3 Å². The number of anilines is 1. The summed E-state index contributed by atoms with van der Waals surface area (Å²) in [4.78, 5) is 24.0. The number of amides is 1. The highest BCUT2D eigenvalue weighted by atomic mass is 32.1. The van der Waals surface area contributed by atoms with E-state index >= 15 is 0 Å². The standard InChI is InChI=1S/C20H23N5OS/c1-11-17-13(10-15(12-8-9-12)21-18(17)25(2)24-11)19(26)23-20-22-14-6-4-3-5-7-16(14)27-20/h10,12H,3-9H2,1-2H3,(H,22,23,26). The predicted molar refractivity (Wildman–Crippen MR) is 107 cm³/mol. The molecule has 1 N–H and O–H groups in total. The van der Waals surface area contributed by atoms with Crippen LogP contribution in [0.2, 0.25) is 0 Å². The van der Waals surface area contributed by atoms with Crippen molar-refractivity contribution in [2.24, 2.45) is 7.05 Å². The molecule has 0 atom stereocenters. The first-order valence-electron chi connectivity index (χ1n) is 9.74. The topological polar surface area (TPSA) is 72.7 Å². The maximum absolute atomic E-state index is 13.2. The molecule has 0 radical (unpaired) electrons. The Kier molecular flexibility index (Phi) is 4.00. The molecule has 2 aliphatic carbocycles. The number of aromatic nitrogens is 4. The second-order valence-corrected chi connectivity index (χ2v) is 8.76. The summed E-state index contributed by atoms with van der Waals surface area (Å²) in [6.07, 6.45) is 8.07. The smallest absolute Gasteiger partial charge is 0.258 e. The van der Waals surface area contributed by atoms with Gasteiger partial charge < -0.3 is 0 Å². The number of fused-ring (bicyclic) bond motifs is 2. The minimum absolute atomic E-state index is 0.107. The number of rotatable bonds is 3. The van der Waals surface area contributed by atoms with Crippen LogP contribution in [0.15, 0.2) is 6.07 Å². The van der Waals surface area contributed by atoms with Gasteiger partial charge in [0.05, 0.1) is 22.3 Å². The van der Waals surface area contributed by atoms with Gasteiger partial charge in [0, 0.05) is 23.5 Å². The zero-order valence-electron chi connectivity index (χ0n) is 15.7. The summed E-state index contributed by atoms with van der Waals surface area (Å²) in [5.41, 5.74) is 4.46. The Balaban J connectivity index is 1.52. The van der Waals surface area contributed by atoms with E-state index in [-0.39, 0.29) is 5.91 Å². The molecule has 0 aliphatic heterocycles. The molecule has 3 heterocycles. The first kappa shape index (κ1) is 16.9. The summed E-state index contributed by atoms with van der Waals surface area (Å²) in [6, 6.07) is 1.96. The summed E-state index contributed by atoms with van der Waals surface area (Å²) >= 11 is 1.63. The van der Waals surface area contributed by atoms with Gasteiger partial charge in [-0.3, -0.25) is 14.8 Å². The highest BCUT2D eigenvalue weighted by Gasteiger charge is 2.28. The number of hydrogen-bond acceptors (Lipinski definition) is 5. The third kappa shape index (κ3) is 3.04. The Bertz CT molecular complexity index is 1020. The molecule has 0 aromatic carbocycles. The van der Waals surface area contributed by atoms with E-state index in [1.807, 2.05) is 20.0 Å². The van der Waals surface area contributed by atoms with Crippen LogP contribution in [-0.2, 0) is 19.9 Å². The third-order valence-electron chi connectivity index (χ3n) is 5.54. The van der Waals surface area contributed by atoms with Gasteiger partial charge in [-0.25, -0.2) is 9.97 Å². The van der Waals surface area contributed by atoms with Gasteiger partial charge in [0.15, 0.2) is 10.8 Å². The first-order valence-corrected chi connectivity index (χ1v) is 10.6. The Morgan fingerprint density at radius 2 is 2.04 bits per heavy atom. The quantitative estimate of drug-likeness (QED) is 0.692. The third-order valence-corrected chi connectivity index (χ3v) is 6.62. The second-order valence-electron chi connectivity index (χ2n) is 7.68. The van der Waals surface area contributed by atoms with E-state index in [9.17, 15) is 4.79 Å². The molecule has 1 fully saturated rings. The maximum atomic E-state index is 13.2. The van der Waals surface area contributed by atoms with E-state index in [0.29, 0.717) is 16.6 Å². The summed E-state index contributed by atoms with van der Waals surface area (Å²) in [5, 5.41) is 9.10. The van der Waals surface area contributed by atoms with Crippen molar-refractivity contribution in [3.05, 3.63) is 33.6 Å². The van der Waals surface area contributed by atoms with Gasteiger partial charge in [-0.05, 0) is 51.5 Å². The van der Waals surface area contributed by atoms with Crippen molar-refractivity contribution in [3.8, 4) is 0 Å². The number of aryl methyl sites for hydroxylation is 4. The van der Waals surface area contributed by atoms with Gasteiger partial charge in [0.2, 0.25) is 0 Å². The fraction of sp³-hybridized carbons (Fsp3) is 0.500. The van der Waals surface area contributed by atoms with Crippen LogP contribution >= 0.6 is 11.3 Å². The summed E-state index contributed by atoms with van der Waals surface area (Å²) in [5.74, 6) is 0.372. The first-order chi connectivity index (χ1) is 13.1. The predicted octanol–water partition coefficient (Wildman–Crippen LogP) is 4.13. The number of nitrogens with zero attached hydrogens (tertiary/aromatic N) is 4. The lowest BCUT2D eigenvalue weighted by Gasteiger charge is -2.07. The Morgan fingerprint density at radius 3 is 2.85 bits per heavy atom. The molecule has 1 amide bonds. The van der Waals surface area contributed by atoms with Gasteiger partial charge in [-0.15, -0.1) is 11.3 Å². The van der Waals surface area contributed by atoms with Crippen LogP contribution in [0.5, 0.6) is 0 Å². The minimum atomic E-state index is -0.107. The van der Waals surface area contributed by atoms with Crippen LogP contribution in [0.25, 0.3) is 11.0 Å². The maximum Gasteiger partial charge on any atom is 0.258 e. The highest BCUT2D eigenvalue weighted by Crippen LogP contribution is 2.40. The van der Waals surface area contributed by atoms with Crippen molar-refractivity contribution in [3.63, 3.8) is 0 Å². The van der Waals surface area contributed by atoms with E-state index in [2.05, 4.69) is 10.4 Å². The molecule has 5 rings (SSSR count). The minimum Gasteiger partial charge on any atom is -0.298 e. The van der Waals surface area contributed by atoms with Crippen LogP contribution in [0.4, 0.5) is 5.13 Å². The Hall–Kier alpha value is -2.28. The fourth-order valence-corrected chi connectivity index (χ4v) is 5.02. The van der Waals surface area contributed by atoms with Gasteiger partial charge in [-0.2, -0.15) is 5.10 Å². The molecule has 7 heteroatoms. The molecule has 2 aliphatic rings. The van der Waals surface area contributed by atoms with Crippen LogP contribution in [0.3, 0.4) is 0 Å². The molecule has 0 saturated heterocycles. The molecule has 140 valence electrons. The second kappa shape index (κ2) is 6.41. The van der Waals surface area contributed by atoms with Crippen molar-refractivity contribution >= 4 is 33.4 Å². The number of hydrogen-bond donors (Lipinski definition) is 1. The zero-order chi connectivity index (χ0) is 18.5. The van der Waals surface area contributed by atoms with Gasteiger partial charge >= 0.3 is 0 Å². The van der Waals surface area contributed by atoms with E-state index in [1.165, 1.54) is 29.8 Å². The van der Waals surface area contributed by atoms with E-state index in [1.54, 1.807) is 16.0 Å². The van der Waals surface area contributed by atoms with Crippen molar-refractivity contribution in [1.82, 2.24) is 19.7 Å². The van der Waals surface area contributed by atoms with Gasteiger partial charge in [0.25, 0.3) is 5.91 Å². The normalized spacial score (nSPS) is 17.0. The molecule has 0 unspecified atom stereocenters. The van der Waals surface area contributed by atoms with Crippen LogP contribution < -0.4 is 5.32 Å². The van der Waals surface area contributed by atoms with Crippen molar-refractivity contribution in [1.29, 1.82) is 0 Å².